The van der Waals surface area contributed by atoms with E-state index in [-0.39, 0.29) is 31.1 Å². The normalized spacial score (nSPS) is 11.2. The Morgan fingerprint density at radius 1 is 1.14 bits per heavy atom. The number of para-hydroxylation sites is 1. The molecule has 0 fully saturated rings. The van der Waals surface area contributed by atoms with Crippen molar-refractivity contribution in [3.63, 3.8) is 0 Å². The average molecular weight is 378 g/mol. The third-order valence-corrected chi connectivity index (χ3v) is 4.61. The second kappa shape index (κ2) is 7.15. The molecule has 3 heterocycles. The van der Waals surface area contributed by atoms with Crippen LogP contribution < -0.4 is 16.6 Å². The summed E-state index contributed by atoms with van der Waals surface area (Å²) in [5, 5.41) is 3.67. The van der Waals surface area contributed by atoms with Crippen molar-refractivity contribution in [1.82, 2.24) is 19.4 Å². The Balaban J connectivity index is 1.48. The predicted octanol–water partition coefficient (Wildman–Crippen LogP) is 1.43. The molecule has 0 bridgehead atoms. The van der Waals surface area contributed by atoms with Crippen LogP contribution in [0, 0.1) is 6.92 Å². The molecule has 0 radical (unpaired) electrons. The predicted molar refractivity (Wildman–Crippen MR) is 104 cm³/mol. The van der Waals surface area contributed by atoms with Gasteiger partial charge in [-0.1, -0.05) is 18.2 Å². The molecule has 3 aromatic heterocycles. The first-order chi connectivity index (χ1) is 13.5. The number of nitrogens with one attached hydrogen (secondary N) is 1. The van der Waals surface area contributed by atoms with Crippen LogP contribution in [0.4, 0.5) is 0 Å². The highest BCUT2D eigenvalue weighted by atomic mass is 16.4. The van der Waals surface area contributed by atoms with Crippen LogP contribution in [-0.4, -0.2) is 26.6 Å². The molecule has 8 nitrogen and oxygen atoms in total. The van der Waals surface area contributed by atoms with Gasteiger partial charge in [-0.2, -0.15) is 0 Å². The van der Waals surface area contributed by atoms with E-state index in [1.54, 1.807) is 18.3 Å². The summed E-state index contributed by atoms with van der Waals surface area (Å²) in [4.78, 5) is 40.8. The third kappa shape index (κ3) is 3.20. The van der Waals surface area contributed by atoms with E-state index < -0.39 is 5.76 Å². The number of benzene rings is 1. The SMILES string of the molecule is Cc1cc(=O)n(CC(=O)NCCn2c(=O)oc3cccnc32)c2ccccc12. The van der Waals surface area contributed by atoms with Gasteiger partial charge in [0.1, 0.15) is 6.54 Å². The molecule has 0 atom stereocenters. The number of aryl methyl sites for hydroxylation is 1. The van der Waals surface area contributed by atoms with Gasteiger partial charge in [-0.25, -0.2) is 9.78 Å². The Labute approximate surface area is 159 Å². The van der Waals surface area contributed by atoms with E-state index in [9.17, 15) is 14.4 Å². The van der Waals surface area contributed by atoms with Crippen molar-refractivity contribution in [3.05, 3.63) is 75.1 Å². The molecular formula is C20H18N4O4. The van der Waals surface area contributed by atoms with E-state index in [1.165, 1.54) is 15.2 Å². The number of hydrogen-bond donors (Lipinski definition) is 1. The minimum absolute atomic E-state index is 0.0983. The molecule has 1 aromatic carbocycles. The summed E-state index contributed by atoms with van der Waals surface area (Å²) in [7, 11) is 0. The molecule has 4 rings (SSSR count). The zero-order valence-electron chi connectivity index (χ0n) is 15.2. The van der Waals surface area contributed by atoms with Crippen molar-refractivity contribution >= 4 is 28.0 Å². The summed E-state index contributed by atoms with van der Waals surface area (Å²) < 4.78 is 7.92. The minimum Gasteiger partial charge on any atom is -0.406 e. The fourth-order valence-corrected chi connectivity index (χ4v) is 3.27. The van der Waals surface area contributed by atoms with E-state index in [0.717, 1.165) is 10.9 Å². The quantitative estimate of drug-likeness (QED) is 0.566. The van der Waals surface area contributed by atoms with Crippen LogP contribution >= 0.6 is 0 Å². The lowest BCUT2D eigenvalue weighted by molar-refractivity contribution is -0.121. The molecule has 0 saturated carbocycles. The van der Waals surface area contributed by atoms with Gasteiger partial charge in [0.05, 0.1) is 5.52 Å². The van der Waals surface area contributed by atoms with E-state index in [4.69, 9.17) is 4.42 Å². The first kappa shape index (κ1) is 17.7. The smallest absolute Gasteiger partial charge is 0.406 e. The first-order valence-electron chi connectivity index (χ1n) is 8.85. The van der Waals surface area contributed by atoms with Crippen LogP contribution in [-0.2, 0) is 17.9 Å². The zero-order chi connectivity index (χ0) is 19.7. The number of hydrogen-bond acceptors (Lipinski definition) is 5. The van der Waals surface area contributed by atoms with Crippen molar-refractivity contribution in [1.29, 1.82) is 0 Å². The molecule has 28 heavy (non-hydrogen) atoms. The Morgan fingerprint density at radius 2 is 1.96 bits per heavy atom. The van der Waals surface area contributed by atoms with Crippen LogP contribution in [0.3, 0.4) is 0 Å². The van der Waals surface area contributed by atoms with Crippen molar-refractivity contribution in [3.8, 4) is 0 Å². The van der Waals surface area contributed by atoms with Crippen LogP contribution in [0.15, 0.2) is 62.7 Å². The molecule has 0 aliphatic heterocycles. The van der Waals surface area contributed by atoms with Gasteiger partial charge in [0, 0.05) is 30.7 Å². The number of carbonyl (C=O) groups excluding carboxylic acids is 1. The summed E-state index contributed by atoms with van der Waals surface area (Å²) in [5.74, 6) is -0.839. The van der Waals surface area contributed by atoms with Crippen molar-refractivity contribution in [2.24, 2.45) is 0 Å². The standard InChI is InChI=1S/C20H18N4O4/c1-13-11-18(26)24(15-6-3-2-5-14(13)15)12-17(25)21-9-10-23-19-16(28-20(23)27)7-4-8-22-19/h2-8,11H,9-10,12H2,1H3,(H,21,25). The van der Waals surface area contributed by atoms with Gasteiger partial charge in [-0.15, -0.1) is 0 Å². The summed E-state index contributed by atoms with van der Waals surface area (Å²) in [6.07, 6.45) is 1.57. The number of carbonyl (C=O) groups is 1. The lowest BCUT2D eigenvalue weighted by Gasteiger charge is -2.12. The number of amides is 1. The van der Waals surface area contributed by atoms with Crippen molar-refractivity contribution in [2.45, 2.75) is 20.0 Å². The summed E-state index contributed by atoms with van der Waals surface area (Å²) in [6.45, 7) is 2.20. The lowest BCUT2D eigenvalue weighted by atomic mass is 10.1. The van der Waals surface area contributed by atoms with Crippen molar-refractivity contribution in [2.75, 3.05) is 6.54 Å². The molecular weight excluding hydrogens is 360 g/mol. The molecule has 0 spiro atoms. The largest absolute Gasteiger partial charge is 0.421 e. The topological polar surface area (TPSA) is 99.1 Å². The molecule has 0 saturated heterocycles. The Hall–Kier alpha value is -3.68. The molecule has 0 aliphatic rings. The summed E-state index contributed by atoms with van der Waals surface area (Å²) >= 11 is 0. The summed E-state index contributed by atoms with van der Waals surface area (Å²) in [6, 6.07) is 12.3. The molecule has 1 amide bonds. The molecule has 1 N–H and O–H groups in total. The van der Waals surface area contributed by atoms with Crippen molar-refractivity contribution < 1.29 is 9.21 Å². The fourth-order valence-electron chi connectivity index (χ4n) is 3.27. The van der Waals surface area contributed by atoms with Gasteiger partial charge >= 0.3 is 5.76 Å². The highest BCUT2D eigenvalue weighted by Crippen LogP contribution is 2.15. The first-order valence-corrected chi connectivity index (χ1v) is 8.85. The second-order valence-corrected chi connectivity index (χ2v) is 6.46. The van der Waals surface area contributed by atoms with Crippen LogP contribution in [0.5, 0.6) is 0 Å². The average Bonchev–Trinajstić information content (AvgIpc) is 3.00. The second-order valence-electron chi connectivity index (χ2n) is 6.46. The maximum absolute atomic E-state index is 12.4. The number of rotatable bonds is 5. The Morgan fingerprint density at radius 3 is 2.82 bits per heavy atom. The van der Waals surface area contributed by atoms with E-state index in [0.29, 0.717) is 16.7 Å². The third-order valence-electron chi connectivity index (χ3n) is 4.61. The Bertz CT molecular complexity index is 1300. The summed E-state index contributed by atoms with van der Waals surface area (Å²) in [5.41, 5.74) is 2.19. The van der Waals surface area contributed by atoms with Gasteiger partial charge in [0.25, 0.3) is 5.56 Å². The Kier molecular flexibility index (Phi) is 4.52. The van der Waals surface area contributed by atoms with Gasteiger partial charge in [0.2, 0.25) is 5.91 Å². The molecule has 0 unspecified atom stereocenters. The maximum Gasteiger partial charge on any atom is 0.421 e. The molecule has 8 heteroatoms. The van der Waals surface area contributed by atoms with Gasteiger partial charge in [0.15, 0.2) is 11.2 Å². The fraction of sp³-hybridized carbons (Fsp3) is 0.200. The van der Waals surface area contributed by atoms with E-state index in [2.05, 4.69) is 10.3 Å². The highest BCUT2D eigenvalue weighted by molar-refractivity contribution is 5.84. The number of nitrogens with zero attached hydrogens (tertiary/aromatic N) is 3. The maximum atomic E-state index is 12.4. The van der Waals surface area contributed by atoms with Gasteiger partial charge < -0.3 is 9.73 Å². The van der Waals surface area contributed by atoms with Crippen LogP contribution in [0.1, 0.15) is 5.56 Å². The van der Waals surface area contributed by atoms with E-state index >= 15 is 0 Å². The number of oxazole rings is 1. The molecule has 142 valence electrons. The van der Waals surface area contributed by atoms with Crippen LogP contribution in [0.25, 0.3) is 22.1 Å². The zero-order valence-corrected chi connectivity index (χ0v) is 15.2. The highest BCUT2D eigenvalue weighted by Gasteiger charge is 2.12. The minimum atomic E-state index is -0.524. The monoisotopic (exact) mass is 378 g/mol. The van der Waals surface area contributed by atoms with Gasteiger partial charge in [-0.3, -0.25) is 18.7 Å². The van der Waals surface area contributed by atoms with E-state index in [1.807, 2.05) is 31.2 Å². The number of fused-ring (bicyclic) bond motifs is 2. The number of aromatic nitrogens is 3. The van der Waals surface area contributed by atoms with Crippen LogP contribution in [0.2, 0.25) is 0 Å². The molecule has 0 aliphatic carbocycles. The number of pyridine rings is 2. The van der Waals surface area contributed by atoms with Gasteiger partial charge in [-0.05, 0) is 30.7 Å². The lowest BCUT2D eigenvalue weighted by Crippen LogP contribution is -2.35. The molecule has 4 aromatic rings.